The Hall–Kier alpha value is -0.440. The van der Waals surface area contributed by atoms with E-state index in [1.807, 2.05) is 0 Å². The lowest BCUT2D eigenvalue weighted by atomic mass is 9.96. The van der Waals surface area contributed by atoms with Gasteiger partial charge in [-0.15, -0.1) is 0 Å². The van der Waals surface area contributed by atoms with Gasteiger partial charge in [0.25, 0.3) is 0 Å². The first-order valence-corrected chi connectivity index (χ1v) is 7.14. The molecule has 0 saturated heterocycles. The quantitative estimate of drug-likeness (QED) is 0.626. The first-order chi connectivity index (χ1) is 8.08. The van der Waals surface area contributed by atoms with Gasteiger partial charge in [-0.05, 0) is 26.2 Å². The molecule has 0 aromatic carbocycles. The van der Waals surface area contributed by atoms with Crippen LogP contribution in [0.15, 0.2) is 10.2 Å². The van der Waals surface area contributed by atoms with Crippen molar-refractivity contribution in [3.05, 3.63) is 0 Å². The molecule has 1 aliphatic rings. The van der Waals surface area contributed by atoms with Gasteiger partial charge in [0, 0.05) is 12.5 Å². The number of rotatable bonds is 6. The Morgan fingerprint density at radius 1 is 1.24 bits per heavy atom. The summed E-state index contributed by atoms with van der Waals surface area (Å²) in [5.74, 6) is 0.362. The molecule has 3 heteroatoms. The predicted molar refractivity (Wildman–Crippen MR) is 71.2 cm³/mol. The highest BCUT2D eigenvalue weighted by atomic mass is 16.5. The Labute approximate surface area is 106 Å². The van der Waals surface area contributed by atoms with Gasteiger partial charge in [0.15, 0.2) is 5.72 Å². The monoisotopic (exact) mass is 240 g/mol. The Bertz CT molecular complexity index is 234. The van der Waals surface area contributed by atoms with E-state index in [0.717, 1.165) is 13.0 Å². The van der Waals surface area contributed by atoms with Crippen LogP contribution >= 0.6 is 0 Å². The lowest BCUT2D eigenvalue weighted by molar-refractivity contribution is -0.0638. The average molecular weight is 240 g/mol. The Morgan fingerprint density at radius 3 is 2.41 bits per heavy atom. The molecule has 0 aromatic rings. The second-order valence-electron chi connectivity index (χ2n) is 5.57. The van der Waals surface area contributed by atoms with E-state index in [1.165, 1.54) is 32.1 Å². The standard InChI is InChI=1S/C14H28N2O/c1-5-11-17-14(4,12(2)3)16-15-13-9-7-6-8-10-13/h12-13H,5-11H2,1-4H3/b16-15+. The number of azo groups is 1. The van der Waals surface area contributed by atoms with Crippen LogP contribution in [0.1, 0.15) is 66.2 Å². The van der Waals surface area contributed by atoms with E-state index in [0.29, 0.717) is 12.0 Å². The first-order valence-electron chi connectivity index (χ1n) is 7.14. The fourth-order valence-electron chi connectivity index (χ4n) is 2.01. The molecule has 1 fully saturated rings. The fraction of sp³-hybridized carbons (Fsp3) is 1.00. The normalized spacial score (nSPS) is 22.2. The first kappa shape index (κ1) is 14.6. The molecule has 0 radical (unpaired) electrons. The zero-order valence-electron chi connectivity index (χ0n) is 11.9. The van der Waals surface area contributed by atoms with Crippen molar-refractivity contribution >= 4 is 0 Å². The minimum Gasteiger partial charge on any atom is -0.352 e. The third-order valence-electron chi connectivity index (χ3n) is 3.66. The van der Waals surface area contributed by atoms with Crippen LogP contribution in [0.3, 0.4) is 0 Å². The van der Waals surface area contributed by atoms with Crippen molar-refractivity contribution in [2.24, 2.45) is 16.1 Å². The van der Waals surface area contributed by atoms with Crippen molar-refractivity contribution in [2.45, 2.75) is 78.0 Å². The Morgan fingerprint density at radius 2 is 1.88 bits per heavy atom. The number of hydrogen-bond acceptors (Lipinski definition) is 3. The highest BCUT2D eigenvalue weighted by molar-refractivity contribution is 4.77. The number of nitrogens with zero attached hydrogens (tertiary/aromatic N) is 2. The number of hydrogen-bond donors (Lipinski definition) is 0. The minimum absolute atomic E-state index is 0.362. The van der Waals surface area contributed by atoms with Crippen molar-refractivity contribution in [2.75, 3.05) is 6.61 Å². The van der Waals surface area contributed by atoms with Crippen molar-refractivity contribution in [1.82, 2.24) is 0 Å². The molecule has 0 N–H and O–H groups in total. The molecule has 0 spiro atoms. The van der Waals surface area contributed by atoms with E-state index in [9.17, 15) is 0 Å². The molecule has 0 aliphatic heterocycles. The van der Waals surface area contributed by atoms with Crippen molar-refractivity contribution in [1.29, 1.82) is 0 Å². The topological polar surface area (TPSA) is 34.0 Å². The summed E-state index contributed by atoms with van der Waals surface area (Å²) in [5.41, 5.74) is -0.437. The molecule has 0 bridgehead atoms. The van der Waals surface area contributed by atoms with E-state index in [2.05, 4.69) is 37.9 Å². The molecule has 1 unspecified atom stereocenters. The van der Waals surface area contributed by atoms with E-state index < -0.39 is 5.72 Å². The highest BCUT2D eigenvalue weighted by Gasteiger charge is 2.29. The fourth-order valence-corrected chi connectivity index (χ4v) is 2.01. The summed E-state index contributed by atoms with van der Waals surface area (Å²) in [7, 11) is 0. The molecular formula is C14H28N2O. The summed E-state index contributed by atoms with van der Waals surface area (Å²) in [5, 5.41) is 9.05. The van der Waals surface area contributed by atoms with E-state index in [4.69, 9.17) is 4.74 Å². The van der Waals surface area contributed by atoms with Crippen LogP contribution in [0.5, 0.6) is 0 Å². The van der Waals surface area contributed by atoms with Crippen LogP contribution in [-0.2, 0) is 4.74 Å². The van der Waals surface area contributed by atoms with Crippen LogP contribution in [0.2, 0.25) is 0 Å². The van der Waals surface area contributed by atoms with Gasteiger partial charge < -0.3 is 4.74 Å². The maximum Gasteiger partial charge on any atom is 0.178 e. The van der Waals surface area contributed by atoms with E-state index in [1.54, 1.807) is 0 Å². The molecule has 0 amide bonds. The summed E-state index contributed by atoms with van der Waals surface area (Å²) in [6.45, 7) is 9.24. The van der Waals surface area contributed by atoms with E-state index >= 15 is 0 Å². The van der Waals surface area contributed by atoms with Gasteiger partial charge in [-0.3, -0.25) is 0 Å². The van der Waals surface area contributed by atoms with Gasteiger partial charge in [0.05, 0.1) is 6.04 Å². The van der Waals surface area contributed by atoms with Gasteiger partial charge in [-0.25, -0.2) is 0 Å². The SMILES string of the molecule is CCCOC(C)(/N=N/C1CCCCC1)C(C)C. The third kappa shape index (κ3) is 4.74. The predicted octanol–water partition coefficient (Wildman–Crippen LogP) is 4.57. The zero-order valence-corrected chi connectivity index (χ0v) is 11.9. The molecule has 100 valence electrons. The summed E-state index contributed by atoms with van der Waals surface area (Å²) in [6, 6.07) is 0.437. The largest absolute Gasteiger partial charge is 0.352 e. The van der Waals surface area contributed by atoms with Crippen LogP contribution in [0.4, 0.5) is 0 Å². The van der Waals surface area contributed by atoms with Gasteiger partial charge in [0.1, 0.15) is 0 Å². The summed E-state index contributed by atoms with van der Waals surface area (Å²) >= 11 is 0. The summed E-state index contributed by atoms with van der Waals surface area (Å²) in [6.07, 6.45) is 7.40. The molecule has 0 heterocycles. The minimum atomic E-state index is -0.437. The smallest absolute Gasteiger partial charge is 0.178 e. The second-order valence-corrected chi connectivity index (χ2v) is 5.57. The van der Waals surface area contributed by atoms with Crippen LogP contribution in [0, 0.1) is 5.92 Å². The van der Waals surface area contributed by atoms with Gasteiger partial charge in [-0.2, -0.15) is 10.2 Å². The number of ether oxygens (including phenoxy) is 1. The van der Waals surface area contributed by atoms with Crippen LogP contribution in [0.25, 0.3) is 0 Å². The van der Waals surface area contributed by atoms with Crippen molar-refractivity contribution in [3.8, 4) is 0 Å². The molecular weight excluding hydrogens is 212 g/mol. The Kier molecular flexibility index (Phi) is 6.10. The van der Waals surface area contributed by atoms with Gasteiger partial charge >= 0.3 is 0 Å². The van der Waals surface area contributed by atoms with Crippen LogP contribution < -0.4 is 0 Å². The summed E-state index contributed by atoms with van der Waals surface area (Å²) < 4.78 is 5.87. The molecule has 17 heavy (non-hydrogen) atoms. The van der Waals surface area contributed by atoms with Crippen molar-refractivity contribution < 1.29 is 4.74 Å². The average Bonchev–Trinajstić information content (AvgIpc) is 2.35. The van der Waals surface area contributed by atoms with Gasteiger partial charge in [0.2, 0.25) is 0 Å². The van der Waals surface area contributed by atoms with Gasteiger partial charge in [-0.1, -0.05) is 40.0 Å². The van der Waals surface area contributed by atoms with Crippen LogP contribution in [-0.4, -0.2) is 18.4 Å². The third-order valence-corrected chi connectivity index (χ3v) is 3.66. The maximum absolute atomic E-state index is 5.87. The van der Waals surface area contributed by atoms with E-state index in [-0.39, 0.29) is 0 Å². The van der Waals surface area contributed by atoms with Crippen molar-refractivity contribution in [3.63, 3.8) is 0 Å². The molecule has 0 aromatic heterocycles. The highest BCUT2D eigenvalue weighted by Crippen LogP contribution is 2.27. The Balaban J connectivity index is 2.54. The lowest BCUT2D eigenvalue weighted by Crippen LogP contribution is -2.33. The molecule has 1 rings (SSSR count). The lowest BCUT2D eigenvalue weighted by Gasteiger charge is -2.29. The molecule has 1 aliphatic carbocycles. The molecule has 3 nitrogen and oxygen atoms in total. The molecule has 1 atom stereocenters. The maximum atomic E-state index is 5.87. The molecule has 1 saturated carbocycles. The second kappa shape index (κ2) is 7.10. The zero-order chi connectivity index (χ0) is 12.7. The summed E-state index contributed by atoms with van der Waals surface area (Å²) in [4.78, 5) is 0.